The van der Waals surface area contributed by atoms with Crippen LogP contribution in [0.5, 0.6) is 0 Å². The molecule has 1 fully saturated rings. The highest BCUT2D eigenvalue weighted by atomic mass is 32.1. The van der Waals surface area contributed by atoms with E-state index >= 15 is 0 Å². The van der Waals surface area contributed by atoms with Gasteiger partial charge < -0.3 is 0 Å². The number of thiazole rings is 1. The number of rotatable bonds is 5. The molecule has 0 bridgehead atoms. The second-order valence-corrected chi connectivity index (χ2v) is 8.50. The summed E-state index contributed by atoms with van der Waals surface area (Å²) < 4.78 is 14.3. The van der Waals surface area contributed by atoms with Gasteiger partial charge in [-0.05, 0) is 48.5 Å². The second kappa shape index (κ2) is 8.51. The minimum absolute atomic E-state index is 0.147. The van der Waals surface area contributed by atoms with E-state index in [0.717, 1.165) is 4.90 Å². The predicted molar refractivity (Wildman–Crippen MR) is 122 cm³/mol. The molecule has 0 N–H and O–H groups in total. The summed E-state index contributed by atoms with van der Waals surface area (Å²) in [6, 6.07) is 16.1. The van der Waals surface area contributed by atoms with E-state index in [9.17, 15) is 18.8 Å². The zero-order valence-electron chi connectivity index (χ0n) is 17.3. The third kappa shape index (κ3) is 4.10. The number of hydrogen-bond donors (Lipinski definition) is 0. The zero-order valence-corrected chi connectivity index (χ0v) is 18.1. The molecule has 0 aliphatic carbocycles. The summed E-state index contributed by atoms with van der Waals surface area (Å²) in [6.45, 7) is 0.147. The molecule has 1 aliphatic heterocycles. The molecule has 33 heavy (non-hydrogen) atoms. The molecule has 0 unspecified atom stereocenters. The lowest BCUT2D eigenvalue weighted by molar-refractivity contribution is -0.121. The quantitative estimate of drug-likeness (QED) is 0.414. The Morgan fingerprint density at radius 1 is 1.03 bits per heavy atom. The number of amides is 3. The number of hydrogen-bond acceptors (Lipinski definition) is 6. The third-order valence-corrected chi connectivity index (χ3v) is 6.31. The Balaban J connectivity index is 1.54. The van der Waals surface area contributed by atoms with Crippen LogP contribution in [0.4, 0.5) is 15.2 Å². The molecule has 9 heteroatoms. The van der Waals surface area contributed by atoms with Gasteiger partial charge in [0, 0.05) is 24.6 Å². The lowest BCUT2D eigenvalue weighted by Gasteiger charge is -2.21. The number of carbonyl (C=O) groups is 3. The van der Waals surface area contributed by atoms with Crippen molar-refractivity contribution < 1.29 is 18.8 Å². The van der Waals surface area contributed by atoms with Gasteiger partial charge in [0.05, 0.1) is 28.1 Å². The fourth-order valence-corrected chi connectivity index (χ4v) is 4.67. The molecule has 1 saturated heterocycles. The topological polar surface area (TPSA) is 83.5 Å². The Bertz CT molecular complexity index is 1370. The van der Waals surface area contributed by atoms with Crippen molar-refractivity contribution in [3.63, 3.8) is 0 Å². The lowest BCUT2D eigenvalue weighted by atomic mass is 10.1. The number of benzene rings is 2. The first kappa shape index (κ1) is 20.9. The van der Waals surface area contributed by atoms with Gasteiger partial charge in [-0.15, -0.1) is 0 Å². The van der Waals surface area contributed by atoms with Gasteiger partial charge in [0.25, 0.3) is 5.91 Å². The van der Waals surface area contributed by atoms with Crippen LogP contribution in [-0.4, -0.2) is 27.7 Å². The average molecular weight is 460 g/mol. The number of carbonyl (C=O) groups excluding carboxylic acids is 3. The van der Waals surface area contributed by atoms with Gasteiger partial charge in [0.2, 0.25) is 11.8 Å². The third-order valence-electron chi connectivity index (χ3n) is 5.26. The molecule has 0 atom stereocenters. The lowest BCUT2D eigenvalue weighted by Crippen LogP contribution is -2.32. The maximum atomic E-state index is 13.7. The van der Waals surface area contributed by atoms with Crippen LogP contribution in [0.25, 0.3) is 10.2 Å². The smallest absolute Gasteiger partial charge is 0.260 e. The second-order valence-electron chi connectivity index (χ2n) is 7.49. The Morgan fingerprint density at radius 3 is 2.61 bits per heavy atom. The number of nitrogens with zero attached hydrogens (tertiary/aromatic N) is 4. The maximum absolute atomic E-state index is 13.7. The van der Waals surface area contributed by atoms with Crippen molar-refractivity contribution in [1.82, 2.24) is 9.97 Å². The molecular weight excluding hydrogens is 443 g/mol. The van der Waals surface area contributed by atoms with E-state index in [0.29, 0.717) is 32.3 Å². The molecule has 2 aromatic heterocycles. The first-order valence-electron chi connectivity index (χ1n) is 10.2. The summed E-state index contributed by atoms with van der Waals surface area (Å²) in [7, 11) is 0. The predicted octanol–water partition coefficient (Wildman–Crippen LogP) is 4.33. The highest BCUT2D eigenvalue weighted by Gasteiger charge is 2.31. The van der Waals surface area contributed by atoms with Gasteiger partial charge in [-0.3, -0.25) is 29.2 Å². The van der Waals surface area contributed by atoms with Gasteiger partial charge in [-0.25, -0.2) is 9.37 Å². The highest BCUT2D eigenvalue weighted by molar-refractivity contribution is 7.22. The summed E-state index contributed by atoms with van der Waals surface area (Å²) in [5.41, 5.74) is 1.88. The summed E-state index contributed by atoms with van der Waals surface area (Å²) in [5, 5.41) is 0.394. The summed E-state index contributed by atoms with van der Waals surface area (Å²) in [5.74, 6) is -1.33. The standard InChI is InChI=1S/C24H17FN4O3S/c25-16-7-8-19-20(13-16)33-24(27-19)28(14-17-5-1-2-11-26-17)23(32)15-4-3-6-18(12-15)29-21(30)9-10-22(29)31/h1-8,11-13H,9-10,14H2. The summed E-state index contributed by atoms with van der Waals surface area (Å²) >= 11 is 1.20. The Labute approximate surface area is 192 Å². The van der Waals surface area contributed by atoms with E-state index < -0.39 is 0 Å². The molecule has 7 nitrogen and oxygen atoms in total. The molecule has 2 aromatic carbocycles. The first-order chi connectivity index (χ1) is 16.0. The average Bonchev–Trinajstić information content (AvgIpc) is 3.39. The number of pyridine rings is 1. The fraction of sp³-hybridized carbons (Fsp3) is 0.125. The molecule has 3 amide bonds. The van der Waals surface area contributed by atoms with E-state index in [4.69, 9.17) is 0 Å². The molecule has 1 aliphatic rings. The number of halogens is 1. The SMILES string of the molecule is O=C(c1cccc(N2C(=O)CCC2=O)c1)N(Cc1ccccn1)c1nc2ccc(F)cc2s1. The van der Waals surface area contributed by atoms with Gasteiger partial charge in [0.15, 0.2) is 5.13 Å². The maximum Gasteiger partial charge on any atom is 0.260 e. The molecule has 3 heterocycles. The van der Waals surface area contributed by atoms with Crippen molar-refractivity contribution in [1.29, 1.82) is 0 Å². The molecule has 164 valence electrons. The minimum Gasteiger partial charge on any atom is -0.278 e. The van der Waals surface area contributed by atoms with Gasteiger partial charge >= 0.3 is 0 Å². The van der Waals surface area contributed by atoms with E-state index in [2.05, 4.69) is 9.97 Å². The highest BCUT2D eigenvalue weighted by Crippen LogP contribution is 2.32. The van der Waals surface area contributed by atoms with E-state index in [1.54, 1.807) is 42.6 Å². The Kier molecular flexibility index (Phi) is 5.39. The normalized spacial score (nSPS) is 13.7. The van der Waals surface area contributed by atoms with Crippen LogP contribution in [0.2, 0.25) is 0 Å². The molecule has 4 aromatic rings. The number of aromatic nitrogens is 2. The van der Waals surface area contributed by atoms with Gasteiger partial charge in [-0.2, -0.15) is 0 Å². The van der Waals surface area contributed by atoms with Gasteiger partial charge in [-0.1, -0.05) is 23.5 Å². The number of imide groups is 1. The van der Waals surface area contributed by atoms with Crippen LogP contribution in [0, 0.1) is 5.82 Å². The van der Waals surface area contributed by atoms with Crippen molar-refractivity contribution in [2.45, 2.75) is 19.4 Å². The largest absolute Gasteiger partial charge is 0.278 e. The first-order valence-corrected chi connectivity index (χ1v) is 11.0. The summed E-state index contributed by atoms with van der Waals surface area (Å²) in [6.07, 6.45) is 1.95. The van der Waals surface area contributed by atoms with Crippen molar-refractivity contribution >= 4 is 50.1 Å². The Morgan fingerprint density at radius 2 is 1.85 bits per heavy atom. The number of fused-ring (bicyclic) bond motifs is 1. The van der Waals surface area contributed by atoms with Crippen LogP contribution >= 0.6 is 11.3 Å². The van der Waals surface area contributed by atoms with Crippen LogP contribution < -0.4 is 9.80 Å². The number of anilines is 2. The van der Waals surface area contributed by atoms with E-state index in [1.165, 1.54) is 34.4 Å². The van der Waals surface area contributed by atoms with Crippen molar-refractivity contribution in [3.8, 4) is 0 Å². The molecule has 5 rings (SSSR count). The minimum atomic E-state index is -0.382. The van der Waals surface area contributed by atoms with Crippen LogP contribution in [-0.2, 0) is 16.1 Å². The zero-order chi connectivity index (χ0) is 22.9. The summed E-state index contributed by atoms with van der Waals surface area (Å²) in [4.78, 5) is 49.4. The van der Waals surface area contributed by atoms with Crippen LogP contribution in [0.3, 0.4) is 0 Å². The van der Waals surface area contributed by atoms with Crippen molar-refractivity contribution in [2.24, 2.45) is 0 Å². The molecular formula is C24H17FN4O3S. The van der Waals surface area contributed by atoms with Crippen molar-refractivity contribution in [3.05, 3.63) is 83.9 Å². The molecule has 0 spiro atoms. The molecule has 0 saturated carbocycles. The van der Waals surface area contributed by atoms with Crippen LogP contribution in [0.15, 0.2) is 66.9 Å². The van der Waals surface area contributed by atoms with E-state index in [1.807, 2.05) is 6.07 Å². The van der Waals surface area contributed by atoms with Gasteiger partial charge in [0.1, 0.15) is 5.82 Å². The fourth-order valence-electron chi connectivity index (χ4n) is 3.68. The van der Waals surface area contributed by atoms with Crippen molar-refractivity contribution in [2.75, 3.05) is 9.80 Å². The van der Waals surface area contributed by atoms with Crippen LogP contribution in [0.1, 0.15) is 28.9 Å². The molecule has 0 radical (unpaired) electrons. The van der Waals surface area contributed by atoms with E-state index in [-0.39, 0.29) is 42.9 Å². The monoisotopic (exact) mass is 460 g/mol. The Hall–Kier alpha value is -3.98.